The predicted molar refractivity (Wildman–Crippen MR) is 109 cm³/mol. The number of halogens is 1. The first-order chi connectivity index (χ1) is 11.1. The van der Waals surface area contributed by atoms with E-state index in [1.54, 1.807) is 25.3 Å². The molecule has 3 N–H and O–H groups in total. The number of aliphatic hydroxyl groups is 1. The minimum absolute atomic E-state index is 0. The lowest BCUT2D eigenvalue weighted by Crippen LogP contribution is -2.39. The Labute approximate surface area is 162 Å². The predicted octanol–water partition coefficient (Wildman–Crippen LogP) is 3.63. The molecule has 0 radical (unpaired) electrons. The van der Waals surface area contributed by atoms with Gasteiger partial charge in [-0.25, -0.2) is 4.99 Å². The summed E-state index contributed by atoms with van der Waals surface area (Å²) in [6.07, 6.45) is 9.66. The van der Waals surface area contributed by atoms with Crippen LogP contribution in [-0.2, 0) is 5.60 Å². The number of nitrogens with zero attached hydrogens (tertiary/aromatic N) is 1. The lowest BCUT2D eigenvalue weighted by Gasteiger charge is -2.19. The van der Waals surface area contributed by atoms with E-state index >= 15 is 0 Å². The molecule has 1 aromatic rings. The largest absolute Gasteiger partial charge is 0.466 e. The van der Waals surface area contributed by atoms with Crippen molar-refractivity contribution in [1.29, 1.82) is 0 Å². The molecule has 0 aromatic carbocycles. The van der Waals surface area contributed by atoms with Crippen molar-refractivity contribution in [2.24, 2.45) is 10.9 Å². The maximum absolute atomic E-state index is 10.5. The van der Waals surface area contributed by atoms with Gasteiger partial charge in [0.1, 0.15) is 11.4 Å². The van der Waals surface area contributed by atoms with Crippen LogP contribution < -0.4 is 10.6 Å². The molecular formula is C18H32IN3O2. The van der Waals surface area contributed by atoms with Crippen LogP contribution in [0.4, 0.5) is 0 Å². The molecule has 1 aliphatic rings. The van der Waals surface area contributed by atoms with Gasteiger partial charge in [-0.15, -0.1) is 24.0 Å². The van der Waals surface area contributed by atoms with Crippen molar-refractivity contribution in [3.63, 3.8) is 0 Å². The first kappa shape index (κ1) is 21.3. The minimum atomic E-state index is -1.09. The second kappa shape index (κ2) is 11.0. The molecule has 0 saturated heterocycles. The summed E-state index contributed by atoms with van der Waals surface area (Å²) in [7, 11) is 0. The summed E-state index contributed by atoms with van der Waals surface area (Å²) in [6, 6.07) is 3.55. The highest BCUT2D eigenvalue weighted by Gasteiger charge is 2.26. The molecule has 24 heavy (non-hydrogen) atoms. The van der Waals surface area contributed by atoms with E-state index in [1.807, 2.05) is 6.92 Å². The van der Waals surface area contributed by atoms with Crippen molar-refractivity contribution in [3.05, 3.63) is 24.2 Å². The molecule has 0 bridgehead atoms. The van der Waals surface area contributed by atoms with Gasteiger partial charge in [0.2, 0.25) is 0 Å². The summed E-state index contributed by atoms with van der Waals surface area (Å²) < 4.78 is 5.29. The van der Waals surface area contributed by atoms with Crippen LogP contribution in [0.3, 0.4) is 0 Å². The third kappa shape index (κ3) is 7.01. The van der Waals surface area contributed by atoms with Crippen LogP contribution in [0.2, 0.25) is 0 Å². The Kier molecular flexibility index (Phi) is 9.73. The standard InChI is InChI=1S/C18H31N3O2.HI/c1-3-19-17(20-12-6-10-15-8-4-5-9-15)21-14-18(2,22)16-11-7-13-23-16;/h7,11,13,15,22H,3-6,8-10,12,14H2,1-2H3,(H2,19,20,21);1H. The molecular weight excluding hydrogens is 417 g/mol. The van der Waals surface area contributed by atoms with Crippen LogP contribution in [0.15, 0.2) is 27.8 Å². The quantitative estimate of drug-likeness (QED) is 0.245. The maximum Gasteiger partial charge on any atom is 0.191 e. The van der Waals surface area contributed by atoms with E-state index in [4.69, 9.17) is 4.42 Å². The second-order valence-electron chi connectivity index (χ2n) is 6.67. The molecule has 1 aliphatic carbocycles. The smallest absolute Gasteiger partial charge is 0.191 e. The third-order valence-corrected chi connectivity index (χ3v) is 4.50. The molecule has 1 unspecified atom stereocenters. The summed E-state index contributed by atoms with van der Waals surface area (Å²) in [6.45, 7) is 5.75. The Morgan fingerprint density at radius 2 is 2.12 bits per heavy atom. The lowest BCUT2D eigenvalue weighted by molar-refractivity contribution is 0.0437. The zero-order valence-corrected chi connectivity index (χ0v) is 17.2. The molecule has 0 aliphatic heterocycles. The molecule has 138 valence electrons. The Balaban J connectivity index is 0.00000288. The number of furan rings is 1. The van der Waals surface area contributed by atoms with Crippen molar-refractivity contribution in [2.45, 2.75) is 58.0 Å². The number of rotatable bonds is 8. The third-order valence-electron chi connectivity index (χ3n) is 4.50. The van der Waals surface area contributed by atoms with Gasteiger partial charge in [0.25, 0.3) is 0 Å². The van der Waals surface area contributed by atoms with Crippen LogP contribution in [0.1, 0.15) is 58.1 Å². The molecule has 6 heteroatoms. The fourth-order valence-corrected chi connectivity index (χ4v) is 3.13. The number of nitrogens with one attached hydrogen (secondary N) is 2. The van der Waals surface area contributed by atoms with Gasteiger partial charge in [-0.3, -0.25) is 0 Å². The second-order valence-corrected chi connectivity index (χ2v) is 6.67. The zero-order chi connectivity index (χ0) is 16.5. The van der Waals surface area contributed by atoms with Crippen LogP contribution in [0.5, 0.6) is 0 Å². The monoisotopic (exact) mass is 449 g/mol. The number of hydrogen-bond donors (Lipinski definition) is 3. The van der Waals surface area contributed by atoms with Crippen molar-refractivity contribution in [3.8, 4) is 0 Å². The van der Waals surface area contributed by atoms with Crippen molar-refractivity contribution in [1.82, 2.24) is 10.6 Å². The van der Waals surface area contributed by atoms with E-state index in [2.05, 4.69) is 15.6 Å². The summed E-state index contributed by atoms with van der Waals surface area (Å²) in [5.41, 5.74) is -1.09. The molecule has 2 rings (SSSR count). The number of aliphatic imine (C=N–C) groups is 1. The molecule has 1 heterocycles. The SMILES string of the molecule is CCNC(=NCC(C)(O)c1ccco1)NCCCC1CCCC1.I. The fourth-order valence-electron chi connectivity index (χ4n) is 3.13. The van der Waals surface area contributed by atoms with Gasteiger partial charge in [-0.05, 0) is 44.7 Å². The van der Waals surface area contributed by atoms with Gasteiger partial charge in [0, 0.05) is 13.1 Å². The summed E-state index contributed by atoms with van der Waals surface area (Å²) in [5, 5.41) is 17.0. The number of guanidine groups is 1. The summed E-state index contributed by atoms with van der Waals surface area (Å²) in [5.74, 6) is 2.22. The first-order valence-corrected chi connectivity index (χ1v) is 8.90. The van der Waals surface area contributed by atoms with Gasteiger partial charge in [0.15, 0.2) is 5.96 Å². The van der Waals surface area contributed by atoms with Gasteiger partial charge in [-0.2, -0.15) is 0 Å². The highest BCUT2D eigenvalue weighted by atomic mass is 127. The van der Waals surface area contributed by atoms with E-state index < -0.39 is 5.60 Å². The highest BCUT2D eigenvalue weighted by molar-refractivity contribution is 14.0. The molecule has 5 nitrogen and oxygen atoms in total. The molecule has 0 amide bonds. The van der Waals surface area contributed by atoms with Crippen molar-refractivity contribution in [2.75, 3.05) is 19.6 Å². The zero-order valence-electron chi connectivity index (χ0n) is 14.9. The molecule has 1 fully saturated rings. The van der Waals surface area contributed by atoms with Gasteiger partial charge in [-0.1, -0.05) is 25.7 Å². The van der Waals surface area contributed by atoms with Crippen molar-refractivity contribution >= 4 is 29.9 Å². The topological polar surface area (TPSA) is 69.8 Å². The van der Waals surface area contributed by atoms with Crippen LogP contribution >= 0.6 is 24.0 Å². The Morgan fingerprint density at radius 1 is 1.38 bits per heavy atom. The normalized spacial score (nSPS) is 18.0. The average molecular weight is 449 g/mol. The van der Waals surface area contributed by atoms with Gasteiger partial charge >= 0.3 is 0 Å². The fraction of sp³-hybridized carbons (Fsp3) is 0.722. The van der Waals surface area contributed by atoms with Gasteiger partial charge in [0.05, 0.1) is 12.8 Å². The average Bonchev–Trinajstić information content (AvgIpc) is 3.22. The summed E-state index contributed by atoms with van der Waals surface area (Å²) >= 11 is 0. The van der Waals surface area contributed by atoms with E-state index in [1.165, 1.54) is 38.5 Å². The molecule has 1 saturated carbocycles. The Morgan fingerprint density at radius 3 is 2.75 bits per heavy atom. The first-order valence-electron chi connectivity index (χ1n) is 8.90. The Bertz CT molecular complexity index is 469. The molecule has 1 aromatic heterocycles. The highest BCUT2D eigenvalue weighted by Crippen LogP contribution is 2.28. The minimum Gasteiger partial charge on any atom is -0.466 e. The van der Waals surface area contributed by atoms with Crippen LogP contribution in [-0.4, -0.2) is 30.7 Å². The van der Waals surface area contributed by atoms with Crippen LogP contribution in [0.25, 0.3) is 0 Å². The van der Waals surface area contributed by atoms with E-state index in [0.29, 0.717) is 5.76 Å². The van der Waals surface area contributed by atoms with E-state index in [0.717, 1.165) is 25.0 Å². The maximum atomic E-state index is 10.5. The van der Waals surface area contributed by atoms with Crippen LogP contribution in [0, 0.1) is 5.92 Å². The van der Waals surface area contributed by atoms with Gasteiger partial charge < -0.3 is 20.2 Å². The Hall–Kier alpha value is -0.760. The van der Waals surface area contributed by atoms with E-state index in [9.17, 15) is 5.11 Å². The van der Waals surface area contributed by atoms with E-state index in [-0.39, 0.29) is 30.5 Å². The molecule has 0 spiro atoms. The summed E-state index contributed by atoms with van der Waals surface area (Å²) in [4.78, 5) is 4.49. The van der Waals surface area contributed by atoms with Crippen molar-refractivity contribution < 1.29 is 9.52 Å². The molecule has 1 atom stereocenters. The number of hydrogen-bond acceptors (Lipinski definition) is 3. The lowest BCUT2D eigenvalue weighted by atomic mass is 10.0.